The maximum Gasteiger partial charge on any atom is 0.242 e. The fourth-order valence-corrected chi connectivity index (χ4v) is 3.24. The fourth-order valence-electron chi connectivity index (χ4n) is 3.24. The zero-order chi connectivity index (χ0) is 19.3. The number of rotatable bonds is 6. The molecule has 0 saturated carbocycles. The van der Waals surface area contributed by atoms with E-state index >= 15 is 0 Å². The molecule has 0 fully saturated rings. The third-order valence-corrected chi connectivity index (χ3v) is 4.55. The second-order valence-electron chi connectivity index (χ2n) is 6.77. The summed E-state index contributed by atoms with van der Waals surface area (Å²) in [5.41, 5.74) is 2.89. The first-order valence-corrected chi connectivity index (χ1v) is 9.27. The van der Waals surface area contributed by atoms with Gasteiger partial charge in [-0.2, -0.15) is 0 Å². The van der Waals surface area contributed by atoms with E-state index in [1.54, 1.807) is 6.20 Å². The number of carbonyl (C=O) groups is 1. The average Bonchev–Trinajstić information content (AvgIpc) is 3.12. The number of nitrogens with one attached hydrogen (secondary N) is 1. The number of benzene rings is 2. The van der Waals surface area contributed by atoms with Crippen molar-refractivity contribution < 1.29 is 14.3 Å². The minimum atomic E-state index is -0.199. The van der Waals surface area contributed by atoms with Crippen LogP contribution in [0.2, 0.25) is 0 Å². The van der Waals surface area contributed by atoms with Gasteiger partial charge in [0.25, 0.3) is 0 Å². The standard InChI is InChI=1S/C21H22N4O3/c1-15-13-25(24-23-15)14-21(26)22-18(11-16-5-3-2-4-6-16)17-7-8-19-20(12-17)28-10-9-27-19/h2-8,12-13,18H,9-11,14H2,1H3,(H,22,26)/t18-/m1/s1. The molecule has 4 rings (SSSR count). The number of hydrogen-bond acceptors (Lipinski definition) is 5. The molecule has 0 bridgehead atoms. The van der Waals surface area contributed by atoms with Gasteiger partial charge in [-0.3, -0.25) is 4.79 Å². The van der Waals surface area contributed by atoms with Crippen molar-refractivity contribution in [2.45, 2.75) is 25.9 Å². The van der Waals surface area contributed by atoms with Crippen LogP contribution in [0.15, 0.2) is 54.7 Å². The Balaban J connectivity index is 1.55. The lowest BCUT2D eigenvalue weighted by Crippen LogP contribution is -2.33. The van der Waals surface area contributed by atoms with Crippen molar-refractivity contribution in [2.75, 3.05) is 13.2 Å². The Bertz CT molecular complexity index is 955. The smallest absolute Gasteiger partial charge is 0.242 e. The van der Waals surface area contributed by atoms with Crippen molar-refractivity contribution in [1.82, 2.24) is 20.3 Å². The molecule has 7 heteroatoms. The van der Waals surface area contributed by atoms with Gasteiger partial charge in [0, 0.05) is 6.20 Å². The summed E-state index contributed by atoms with van der Waals surface area (Å²) in [6.07, 6.45) is 2.42. The summed E-state index contributed by atoms with van der Waals surface area (Å²) in [4.78, 5) is 12.6. The highest BCUT2D eigenvalue weighted by atomic mass is 16.6. The predicted molar refractivity (Wildman–Crippen MR) is 103 cm³/mol. The average molecular weight is 378 g/mol. The highest BCUT2D eigenvalue weighted by Crippen LogP contribution is 2.33. The molecule has 7 nitrogen and oxygen atoms in total. The summed E-state index contributed by atoms with van der Waals surface area (Å²) < 4.78 is 12.9. The number of hydrogen-bond donors (Lipinski definition) is 1. The quantitative estimate of drug-likeness (QED) is 0.713. The van der Waals surface area contributed by atoms with Gasteiger partial charge in [0.15, 0.2) is 11.5 Å². The molecule has 1 N–H and O–H groups in total. The van der Waals surface area contributed by atoms with Gasteiger partial charge in [0.1, 0.15) is 19.8 Å². The second kappa shape index (κ2) is 8.12. The molecule has 144 valence electrons. The molecule has 1 amide bonds. The number of nitrogens with zero attached hydrogens (tertiary/aromatic N) is 3. The Morgan fingerprint density at radius 1 is 1.14 bits per heavy atom. The van der Waals surface area contributed by atoms with Gasteiger partial charge in [0.2, 0.25) is 5.91 Å². The van der Waals surface area contributed by atoms with Crippen molar-refractivity contribution in [1.29, 1.82) is 0 Å². The molecule has 28 heavy (non-hydrogen) atoms. The van der Waals surface area contributed by atoms with Crippen molar-refractivity contribution in [2.24, 2.45) is 0 Å². The van der Waals surface area contributed by atoms with Gasteiger partial charge in [-0.05, 0) is 36.6 Å². The highest BCUT2D eigenvalue weighted by Gasteiger charge is 2.20. The summed E-state index contributed by atoms with van der Waals surface area (Å²) in [5, 5.41) is 11.0. The molecule has 1 atom stereocenters. The van der Waals surface area contributed by atoms with E-state index in [-0.39, 0.29) is 18.5 Å². The zero-order valence-electron chi connectivity index (χ0n) is 15.7. The van der Waals surface area contributed by atoms with Crippen LogP contribution in [0.1, 0.15) is 22.9 Å². The summed E-state index contributed by atoms with van der Waals surface area (Å²) in [6, 6.07) is 15.7. The summed E-state index contributed by atoms with van der Waals surface area (Å²) in [7, 11) is 0. The molecule has 1 aliphatic heterocycles. The number of aromatic nitrogens is 3. The predicted octanol–water partition coefficient (Wildman–Crippen LogP) is 2.46. The Morgan fingerprint density at radius 2 is 1.93 bits per heavy atom. The number of ether oxygens (including phenoxy) is 2. The first-order valence-electron chi connectivity index (χ1n) is 9.27. The second-order valence-corrected chi connectivity index (χ2v) is 6.77. The Kier molecular flexibility index (Phi) is 5.23. The third-order valence-electron chi connectivity index (χ3n) is 4.55. The minimum Gasteiger partial charge on any atom is -0.486 e. The van der Waals surface area contributed by atoms with Crippen LogP contribution in [0.4, 0.5) is 0 Å². The van der Waals surface area contributed by atoms with Crippen molar-refractivity contribution >= 4 is 5.91 Å². The van der Waals surface area contributed by atoms with E-state index in [1.807, 2.05) is 43.3 Å². The van der Waals surface area contributed by atoms with E-state index in [0.29, 0.717) is 25.4 Å². The summed E-state index contributed by atoms with van der Waals surface area (Å²) >= 11 is 0. The van der Waals surface area contributed by atoms with Crippen LogP contribution < -0.4 is 14.8 Å². The van der Waals surface area contributed by atoms with Crippen LogP contribution in [-0.2, 0) is 17.8 Å². The molecule has 0 saturated heterocycles. The molecule has 2 heterocycles. The maximum atomic E-state index is 12.6. The lowest BCUT2D eigenvalue weighted by atomic mass is 9.98. The van der Waals surface area contributed by atoms with Crippen LogP contribution in [0.25, 0.3) is 0 Å². The molecule has 0 unspecified atom stereocenters. The van der Waals surface area contributed by atoms with Crippen LogP contribution in [0.3, 0.4) is 0 Å². The molecular weight excluding hydrogens is 356 g/mol. The first kappa shape index (κ1) is 18.0. The molecule has 1 aliphatic rings. The SMILES string of the molecule is Cc1cn(CC(=O)N[C@H](Cc2ccccc2)c2ccc3c(c2)OCCO3)nn1. The van der Waals surface area contributed by atoms with Gasteiger partial charge < -0.3 is 14.8 Å². The van der Waals surface area contributed by atoms with Gasteiger partial charge in [-0.25, -0.2) is 4.68 Å². The van der Waals surface area contributed by atoms with E-state index in [2.05, 4.69) is 27.8 Å². The topological polar surface area (TPSA) is 78.3 Å². The molecule has 0 radical (unpaired) electrons. The van der Waals surface area contributed by atoms with Crippen molar-refractivity contribution in [3.05, 3.63) is 71.5 Å². The Hall–Kier alpha value is -3.35. The van der Waals surface area contributed by atoms with E-state index in [9.17, 15) is 4.79 Å². The zero-order valence-corrected chi connectivity index (χ0v) is 15.7. The number of aryl methyl sites for hydroxylation is 1. The van der Waals surface area contributed by atoms with Crippen LogP contribution >= 0.6 is 0 Å². The molecule has 2 aromatic carbocycles. The lowest BCUT2D eigenvalue weighted by molar-refractivity contribution is -0.122. The van der Waals surface area contributed by atoms with Gasteiger partial charge in [-0.1, -0.05) is 41.6 Å². The van der Waals surface area contributed by atoms with E-state index in [1.165, 1.54) is 4.68 Å². The Morgan fingerprint density at radius 3 is 2.68 bits per heavy atom. The fraction of sp³-hybridized carbons (Fsp3) is 0.286. The lowest BCUT2D eigenvalue weighted by Gasteiger charge is -2.23. The highest BCUT2D eigenvalue weighted by molar-refractivity contribution is 5.76. The molecular formula is C21H22N4O3. The van der Waals surface area contributed by atoms with E-state index in [4.69, 9.17) is 9.47 Å². The maximum absolute atomic E-state index is 12.6. The minimum absolute atomic E-state index is 0.122. The Labute approximate surface area is 163 Å². The molecule has 3 aromatic rings. The number of fused-ring (bicyclic) bond motifs is 1. The van der Waals surface area contributed by atoms with Crippen LogP contribution in [0.5, 0.6) is 11.5 Å². The normalized spacial score (nSPS) is 13.8. The number of carbonyl (C=O) groups excluding carboxylic acids is 1. The van der Waals surface area contributed by atoms with Gasteiger partial charge >= 0.3 is 0 Å². The van der Waals surface area contributed by atoms with Crippen molar-refractivity contribution in [3.8, 4) is 11.5 Å². The first-order chi connectivity index (χ1) is 13.7. The largest absolute Gasteiger partial charge is 0.486 e. The molecule has 0 spiro atoms. The van der Waals surface area contributed by atoms with Gasteiger partial charge in [0.05, 0.1) is 11.7 Å². The summed E-state index contributed by atoms with van der Waals surface area (Å²) in [5.74, 6) is 1.32. The molecule has 1 aromatic heterocycles. The van der Waals surface area contributed by atoms with Crippen LogP contribution in [-0.4, -0.2) is 34.1 Å². The van der Waals surface area contributed by atoms with Gasteiger partial charge in [-0.15, -0.1) is 5.10 Å². The number of amides is 1. The van der Waals surface area contributed by atoms with E-state index < -0.39 is 0 Å². The van der Waals surface area contributed by atoms with Crippen LogP contribution in [0, 0.1) is 6.92 Å². The molecule has 0 aliphatic carbocycles. The van der Waals surface area contributed by atoms with Crippen molar-refractivity contribution in [3.63, 3.8) is 0 Å². The monoisotopic (exact) mass is 378 g/mol. The third kappa shape index (κ3) is 4.31. The van der Waals surface area contributed by atoms with E-state index in [0.717, 1.165) is 22.6 Å². The summed E-state index contributed by atoms with van der Waals surface area (Å²) in [6.45, 7) is 3.04.